The van der Waals surface area contributed by atoms with Gasteiger partial charge >= 0.3 is 7.12 Å². The lowest BCUT2D eigenvalue weighted by Gasteiger charge is -2.32. The maximum atomic E-state index is 6.93. The van der Waals surface area contributed by atoms with Crippen LogP contribution < -0.4 is 5.59 Å². The van der Waals surface area contributed by atoms with Crippen LogP contribution in [0.1, 0.15) is 27.7 Å². The number of halogens is 1. The average molecular weight is 1320 g/mol. The molecule has 0 atom stereocenters. The summed E-state index contributed by atoms with van der Waals surface area (Å²) in [5, 5.41) is 20.4. The summed E-state index contributed by atoms with van der Waals surface area (Å²) in [5.41, 5.74) is 9.57. The van der Waals surface area contributed by atoms with Crippen LogP contribution in [0.4, 0.5) is 0 Å². The van der Waals surface area contributed by atoms with Crippen molar-refractivity contribution in [3.8, 4) is 23.0 Å². The van der Waals surface area contributed by atoms with Crippen LogP contribution in [0.15, 0.2) is 267 Å². The van der Waals surface area contributed by atoms with Gasteiger partial charge < -0.3 is 9.31 Å². The Morgan fingerprint density at radius 3 is 1.23 bits per heavy atom. The van der Waals surface area contributed by atoms with Crippen molar-refractivity contribution in [1.29, 1.82) is 0 Å². The summed E-state index contributed by atoms with van der Waals surface area (Å²) in [6.45, 7) is 8.15. The lowest BCUT2D eigenvalue weighted by molar-refractivity contribution is 0.00578. The van der Waals surface area contributed by atoms with Gasteiger partial charge in [-0.2, -0.15) is 0 Å². The van der Waals surface area contributed by atoms with Crippen molar-refractivity contribution in [3.05, 3.63) is 272 Å². The first-order valence-corrected chi connectivity index (χ1v) is 34.8. The van der Waals surface area contributed by atoms with Gasteiger partial charge in [0, 0.05) is 64.9 Å². The average Bonchev–Trinajstić information content (AvgIpc) is 1.53. The molecule has 0 saturated carbocycles. The summed E-state index contributed by atoms with van der Waals surface area (Å²) < 4.78 is 21.4. The van der Waals surface area contributed by atoms with E-state index < -0.39 is 0 Å². The van der Waals surface area contributed by atoms with E-state index in [1.54, 1.807) is 6.20 Å². The van der Waals surface area contributed by atoms with Crippen molar-refractivity contribution in [1.82, 2.24) is 39.0 Å². The largest absolute Gasteiger partial charge is 0.514 e. The van der Waals surface area contributed by atoms with E-state index in [0.717, 1.165) is 66.9 Å². The second kappa shape index (κ2) is 22.5. The molecule has 14 heteroatoms. The van der Waals surface area contributed by atoms with E-state index in [0.29, 0.717) is 11.0 Å². The Balaban J connectivity index is 0.000000114. The Hall–Kier alpha value is -11.0. The third-order valence-electron chi connectivity index (χ3n) is 19.8. The molecular formula is C84H56BClN8O2S2. The summed E-state index contributed by atoms with van der Waals surface area (Å²) in [7, 11) is -0.351. The summed E-state index contributed by atoms with van der Waals surface area (Å²) in [5.74, 6) is 1.44. The van der Waals surface area contributed by atoms with Crippen molar-refractivity contribution in [2.75, 3.05) is 0 Å². The fraction of sp³-hybridized carbons (Fsp3) is 0.0714. The second-order valence-electron chi connectivity index (χ2n) is 26.0. The summed E-state index contributed by atoms with van der Waals surface area (Å²) in [6.07, 6.45) is 3.57. The molecule has 98 heavy (non-hydrogen) atoms. The van der Waals surface area contributed by atoms with Gasteiger partial charge in [-0.05, 0) is 131 Å². The monoisotopic (exact) mass is 1320 g/mol. The van der Waals surface area contributed by atoms with Crippen molar-refractivity contribution < 1.29 is 9.31 Å². The Kier molecular flexibility index (Phi) is 13.4. The lowest BCUT2D eigenvalue weighted by atomic mass is 9.84. The molecule has 1 aliphatic heterocycles. The molecular weight excluding hydrogens is 1260 g/mol. The molecule has 1 fully saturated rings. The highest BCUT2D eigenvalue weighted by molar-refractivity contribution is 7.28. The minimum Gasteiger partial charge on any atom is -0.398 e. The molecule has 0 aliphatic carbocycles. The lowest BCUT2D eigenvalue weighted by Crippen LogP contribution is -2.41. The van der Waals surface area contributed by atoms with Crippen molar-refractivity contribution >= 4 is 196 Å². The highest BCUT2D eigenvalue weighted by Gasteiger charge is 2.52. The maximum absolute atomic E-state index is 6.93. The quantitative estimate of drug-likeness (QED) is 0.160. The van der Waals surface area contributed by atoms with Gasteiger partial charge in [-0.25, -0.2) is 19.9 Å². The zero-order chi connectivity index (χ0) is 65.5. The Labute approximate surface area is 574 Å². The predicted octanol–water partition coefficient (Wildman–Crippen LogP) is 21.9. The first-order valence-electron chi connectivity index (χ1n) is 32.8. The van der Waals surface area contributed by atoms with Crippen LogP contribution in [0.5, 0.6) is 0 Å². The van der Waals surface area contributed by atoms with Crippen molar-refractivity contribution in [2.45, 2.75) is 38.9 Å². The highest BCUT2D eigenvalue weighted by atomic mass is 35.5. The number of pyridine rings is 2. The minimum atomic E-state index is -0.351. The number of hydrogen-bond donors (Lipinski definition) is 0. The van der Waals surface area contributed by atoms with E-state index in [1.807, 2.05) is 141 Å². The number of benzene rings is 12. The molecule has 0 radical (unpaired) electrons. The first-order chi connectivity index (χ1) is 48.0. The summed E-state index contributed by atoms with van der Waals surface area (Å²) in [6, 6.07) is 89.0. The van der Waals surface area contributed by atoms with Crippen LogP contribution in [-0.4, -0.2) is 57.4 Å². The molecule has 1 saturated heterocycles. The molecule has 21 rings (SSSR count). The van der Waals surface area contributed by atoms with Gasteiger partial charge in [-0.1, -0.05) is 206 Å². The minimum absolute atomic E-state index is 0.296. The van der Waals surface area contributed by atoms with Crippen LogP contribution in [0.25, 0.3) is 172 Å². The summed E-state index contributed by atoms with van der Waals surface area (Å²) >= 11 is 10.7. The zero-order valence-electron chi connectivity index (χ0n) is 53.6. The van der Waals surface area contributed by atoms with Crippen LogP contribution >= 0.6 is 34.3 Å². The SMILES string of the molecule is CC1(C)OB(c2ccccn2)OC1(C)C.Clc1nc2ccccc2nc1-n1c2ccccc2c2c3ccccc3c3c4ccc5ccccc5c4sc3c21.c1ccc(-c2nc3ccccc3nc2-n2c3ccccc3c3c4ccccc4c4c5ccc6ccccc6c5sc4c32)nc1. The Morgan fingerprint density at radius 2 is 0.745 bits per heavy atom. The molecule has 8 aromatic heterocycles. The Morgan fingerprint density at radius 1 is 0.347 bits per heavy atom. The first kappa shape index (κ1) is 58.3. The molecule has 0 bridgehead atoms. The molecule has 10 nitrogen and oxygen atoms in total. The van der Waals surface area contributed by atoms with Gasteiger partial charge in [0.15, 0.2) is 16.8 Å². The smallest absolute Gasteiger partial charge is 0.398 e. The number of rotatable bonds is 4. The standard InChI is InChI=1S/C39H22N4S.C34H18ClN3S.C11H16BNO2/c1-2-12-24-23(11-1)20-21-28-34-26-14-4-3-13-25(26)33-27-15-5-8-19-32(27)43(36(33)38(34)44-37(24)28)39-35(31-18-9-10-22-40-31)41-29-16-6-7-17-30(29)42-39;35-33-34(37-26-15-7-6-14-25(26)36-33)38-27-16-8-5-13-23(27)28-21-11-3-4-12-22(21)29-24-18-17-19-9-1-2-10-20(19)31(24)39-32(29)30(28)38;1-10(2)11(3,4)15-12(14-10)9-7-5-6-8-13-9/h1-22H;1-18H;5-8H,1-4H3. The topological polar surface area (TPSA) is 106 Å². The number of fused-ring (bicyclic) bond motifs is 26. The number of nitrogens with zero attached hydrogens (tertiary/aromatic N) is 8. The van der Waals surface area contributed by atoms with Crippen LogP contribution in [0.3, 0.4) is 0 Å². The normalized spacial score (nSPS) is 13.8. The molecule has 20 aromatic rings. The Bertz CT molecular complexity index is 6670. The second-order valence-corrected chi connectivity index (χ2v) is 28.4. The molecule has 466 valence electrons. The number of hydrogen-bond acceptors (Lipinski definition) is 10. The number of para-hydroxylation sites is 6. The summed E-state index contributed by atoms with van der Waals surface area (Å²) in [4.78, 5) is 29.4. The highest BCUT2D eigenvalue weighted by Crippen LogP contribution is 2.52. The van der Waals surface area contributed by atoms with Gasteiger partial charge in [-0.3, -0.25) is 19.1 Å². The van der Waals surface area contributed by atoms with Gasteiger partial charge in [-0.15, -0.1) is 22.7 Å². The number of aromatic nitrogens is 8. The van der Waals surface area contributed by atoms with Gasteiger partial charge in [0.25, 0.3) is 0 Å². The third-order valence-corrected chi connectivity index (χ3v) is 22.6. The van der Waals surface area contributed by atoms with E-state index in [2.05, 4.69) is 184 Å². The van der Waals surface area contributed by atoms with Crippen LogP contribution in [-0.2, 0) is 9.31 Å². The van der Waals surface area contributed by atoms with Crippen LogP contribution in [0, 0.1) is 0 Å². The molecule has 9 heterocycles. The molecule has 1 aliphatic rings. The van der Waals surface area contributed by atoms with Crippen molar-refractivity contribution in [3.63, 3.8) is 0 Å². The van der Waals surface area contributed by atoms with E-state index in [4.69, 9.17) is 45.8 Å². The number of thiophene rings is 2. The van der Waals surface area contributed by atoms with Gasteiger partial charge in [0.05, 0.1) is 76.0 Å². The fourth-order valence-electron chi connectivity index (χ4n) is 14.7. The van der Waals surface area contributed by atoms with E-state index in [1.165, 1.54) is 105 Å². The maximum Gasteiger partial charge on any atom is 0.514 e. The predicted molar refractivity (Wildman–Crippen MR) is 412 cm³/mol. The van der Waals surface area contributed by atoms with Crippen molar-refractivity contribution in [2.24, 2.45) is 0 Å². The fourth-order valence-corrected chi connectivity index (χ4v) is 17.7. The molecule has 0 amide bonds. The molecule has 0 spiro atoms. The third kappa shape index (κ3) is 9.00. The van der Waals surface area contributed by atoms with E-state index in [-0.39, 0.29) is 18.3 Å². The van der Waals surface area contributed by atoms with E-state index >= 15 is 0 Å². The zero-order valence-corrected chi connectivity index (χ0v) is 56.0. The van der Waals surface area contributed by atoms with Gasteiger partial charge in [0.2, 0.25) is 0 Å². The van der Waals surface area contributed by atoms with E-state index in [9.17, 15) is 0 Å². The molecule has 0 N–H and O–H groups in total. The van der Waals surface area contributed by atoms with Crippen LogP contribution in [0.2, 0.25) is 5.15 Å². The molecule has 0 unspecified atom stereocenters. The molecule has 12 aromatic carbocycles. The van der Waals surface area contributed by atoms with Gasteiger partial charge in [0.1, 0.15) is 5.69 Å².